The molecule has 5 nitrogen and oxygen atoms in total. The molecule has 2 aromatic heterocycles. The van der Waals surface area contributed by atoms with Crippen LogP contribution in [-0.2, 0) is 16.6 Å². The predicted octanol–water partition coefficient (Wildman–Crippen LogP) is 1.60. The van der Waals surface area contributed by atoms with Crippen LogP contribution in [-0.4, -0.2) is 30.0 Å². The summed E-state index contributed by atoms with van der Waals surface area (Å²) in [6.07, 6.45) is 2.69. The van der Waals surface area contributed by atoms with Gasteiger partial charge in [-0.1, -0.05) is 0 Å². The SMILES string of the molecule is Cc1ccsc1CN(C)S(=O)(=O)c1cn[nH]c1. The molecule has 0 spiro atoms. The molecule has 0 aliphatic heterocycles. The van der Waals surface area contributed by atoms with Crippen LogP contribution in [0.25, 0.3) is 0 Å². The van der Waals surface area contributed by atoms with Gasteiger partial charge in [0.2, 0.25) is 10.0 Å². The van der Waals surface area contributed by atoms with Gasteiger partial charge in [0.25, 0.3) is 0 Å². The first-order chi connectivity index (χ1) is 8.01. The Hall–Kier alpha value is -1.18. The molecule has 92 valence electrons. The molecule has 0 aliphatic carbocycles. The highest BCUT2D eigenvalue weighted by Crippen LogP contribution is 2.21. The molecule has 2 rings (SSSR count). The average molecular weight is 271 g/mol. The zero-order valence-electron chi connectivity index (χ0n) is 9.54. The third-order valence-electron chi connectivity index (χ3n) is 2.52. The van der Waals surface area contributed by atoms with Gasteiger partial charge in [0.1, 0.15) is 4.90 Å². The summed E-state index contributed by atoms with van der Waals surface area (Å²) in [5.74, 6) is 0. The molecule has 1 N–H and O–H groups in total. The van der Waals surface area contributed by atoms with Crippen molar-refractivity contribution in [2.75, 3.05) is 7.05 Å². The number of hydrogen-bond donors (Lipinski definition) is 1. The minimum atomic E-state index is -3.44. The Morgan fingerprint density at radius 3 is 2.82 bits per heavy atom. The Kier molecular flexibility index (Phi) is 3.32. The average Bonchev–Trinajstić information content (AvgIpc) is 2.90. The predicted molar refractivity (Wildman–Crippen MR) is 66.3 cm³/mol. The lowest BCUT2D eigenvalue weighted by molar-refractivity contribution is 0.469. The molecular formula is C10H13N3O2S2. The van der Waals surface area contributed by atoms with E-state index in [1.807, 2.05) is 18.4 Å². The molecule has 0 saturated carbocycles. The van der Waals surface area contributed by atoms with E-state index >= 15 is 0 Å². The number of aromatic amines is 1. The van der Waals surface area contributed by atoms with Crippen LogP contribution in [0.15, 0.2) is 28.7 Å². The molecule has 0 bridgehead atoms. The topological polar surface area (TPSA) is 66.1 Å². The summed E-state index contributed by atoms with van der Waals surface area (Å²) < 4.78 is 25.5. The first-order valence-corrected chi connectivity index (χ1v) is 7.32. The Morgan fingerprint density at radius 1 is 1.53 bits per heavy atom. The molecule has 0 saturated heterocycles. The van der Waals surface area contributed by atoms with Crippen molar-refractivity contribution in [3.05, 3.63) is 34.3 Å². The third kappa shape index (κ3) is 2.41. The lowest BCUT2D eigenvalue weighted by Crippen LogP contribution is -2.26. The monoisotopic (exact) mass is 271 g/mol. The quantitative estimate of drug-likeness (QED) is 0.918. The van der Waals surface area contributed by atoms with Crippen molar-refractivity contribution in [3.8, 4) is 0 Å². The summed E-state index contributed by atoms with van der Waals surface area (Å²) in [5, 5.41) is 8.13. The van der Waals surface area contributed by atoms with Crippen molar-refractivity contribution in [3.63, 3.8) is 0 Å². The van der Waals surface area contributed by atoms with E-state index in [0.29, 0.717) is 6.54 Å². The highest BCUT2D eigenvalue weighted by Gasteiger charge is 2.22. The Labute approximate surface area is 104 Å². The van der Waals surface area contributed by atoms with E-state index in [1.165, 1.54) is 16.7 Å². The normalized spacial score (nSPS) is 12.2. The Bertz CT molecular complexity index is 587. The number of aromatic nitrogens is 2. The summed E-state index contributed by atoms with van der Waals surface area (Å²) in [6, 6.07) is 1.98. The van der Waals surface area contributed by atoms with Crippen LogP contribution in [0.1, 0.15) is 10.4 Å². The molecular weight excluding hydrogens is 258 g/mol. The van der Waals surface area contributed by atoms with Crippen molar-refractivity contribution in [2.45, 2.75) is 18.4 Å². The van der Waals surface area contributed by atoms with E-state index in [9.17, 15) is 8.42 Å². The van der Waals surface area contributed by atoms with Crippen LogP contribution in [0.4, 0.5) is 0 Å². The summed E-state index contributed by atoms with van der Waals surface area (Å²) in [4.78, 5) is 1.24. The molecule has 0 aliphatic rings. The number of H-pyrrole nitrogens is 1. The Balaban J connectivity index is 2.22. The second kappa shape index (κ2) is 4.59. The van der Waals surface area contributed by atoms with Crippen molar-refractivity contribution in [1.82, 2.24) is 14.5 Å². The first-order valence-electron chi connectivity index (χ1n) is 5.00. The molecule has 0 aromatic carbocycles. The molecule has 0 unspecified atom stereocenters. The maximum absolute atomic E-state index is 12.1. The van der Waals surface area contributed by atoms with Gasteiger partial charge >= 0.3 is 0 Å². The minimum Gasteiger partial charge on any atom is -0.284 e. The standard InChI is InChI=1S/C10H13N3O2S2/c1-8-3-4-16-10(8)7-13(2)17(14,15)9-5-11-12-6-9/h3-6H,7H2,1-2H3,(H,11,12). The zero-order chi connectivity index (χ0) is 12.5. The fourth-order valence-corrected chi connectivity index (χ4v) is 3.50. The van der Waals surface area contributed by atoms with Crippen LogP contribution >= 0.6 is 11.3 Å². The molecule has 2 heterocycles. The van der Waals surface area contributed by atoms with Crippen LogP contribution in [0.3, 0.4) is 0 Å². The number of rotatable bonds is 4. The van der Waals surface area contributed by atoms with E-state index in [4.69, 9.17) is 0 Å². The number of aryl methyl sites for hydroxylation is 1. The molecule has 0 fully saturated rings. The number of hydrogen-bond acceptors (Lipinski definition) is 4. The van der Waals surface area contributed by atoms with Gasteiger partial charge < -0.3 is 0 Å². The van der Waals surface area contributed by atoms with Gasteiger partial charge in [-0.2, -0.15) is 9.40 Å². The zero-order valence-corrected chi connectivity index (χ0v) is 11.2. The van der Waals surface area contributed by atoms with Crippen LogP contribution in [0.5, 0.6) is 0 Å². The molecule has 0 atom stereocenters. The van der Waals surface area contributed by atoms with E-state index in [1.54, 1.807) is 18.4 Å². The van der Waals surface area contributed by atoms with Crippen molar-refractivity contribution < 1.29 is 8.42 Å². The van der Waals surface area contributed by atoms with E-state index in [-0.39, 0.29) is 4.90 Å². The van der Waals surface area contributed by atoms with Crippen LogP contribution < -0.4 is 0 Å². The fraction of sp³-hybridized carbons (Fsp3) is 0.300. The van der Waals surface area contributed by atoms with Crippen molar-refractivity contribution >= 4 is 21.4 Å². The van der Waals surface area contributed by atoms with Crippen LogP contribution in [0, 0.1) is 6.92 Å². The highest BCUT2D eigenvalue weighted by atomic mass is 32.2. The highest BCUT2D eigenvalue weighted by molar-refractivity contribution is 7.89. The smallest absolute Gasteiger partial charge is 0.246 e. The van der Waals surface area contributed by atoms with Crippen LogP contribution in [0.2, 0.25) is 0 Å². The number of thiophene rings is 1. The van der Waals surface area contributed by atoms with E-state index in [2.05, 4.69) is 10.2 Å². The summed E-state index contributed by atoms with van der Waals surface area (Å²) in [6.45, 7) is 2.36. The number of nitrogens with zero attached hydrogens (tertiary/aromatic N) is 2. The van der Waals surface area contributed by atoms with E-state index in [0.717, 1.165) is 10.4 Å². The van der Waals surface area contributed by atoms with Gasteiger partial charge in [-0.3, -0.25) is 5.10 Å². The molecule has 2 aromatic rings. The first kappa shape index (κ1) is 12.3. The largest absolute Gasteiger partial charge is 0.284 e. The van der Waals surface area contributed by atoms with E-state index < -0.39 is 10.0 Å². The molecule has 0 amide bonds. The number of nitrogens with one attached hydrogen (secondary N) is 1. The second-order valence-corrected chi connectivity index (χ2v) is 6.77. The summed E-state index contributed by atoms with van der Waals surface area (Å²) >= 11 is 1.56. The van der Waals surface area contributed by atoms with Gasteiger partial charge in [0.15, 0.2) is 0 Å². The van der Waals surface area contributed by atoms with Gasteiger partial charge in [0, 0.05) is 24.7 Å². The molecule has 0 radical (unpaired) electrons. The Morgan fingerprint density at radius 2 is 2.29 bits per heavy atom. The van der Waals surface area contributed by atoms with Crippen molar-refractivity contribution in [2.24, 2.45) is 0 Å². The maximum atomic E-state index is 12.1. The fourth-order valence-electron chi connectivity index (χ4n) is 1.41. The number of sulfonamides is 1. The summed E-state index contributed by atoms with van der Waals surface area (Å²) in [7, 11) is -1.87. The maximum Gasteiger partial charge on any atom is 0.246 e. The van der Waals surface area contributed by atoms with Gasteiger partial charge in [-0.05, 0) is 23.9 Å². The molecule has 7 heteroatoms. The second-order valence-electron chi connectivity index (χ2n) is 3.72. The summed E-state index contributed by atoms with van der Waals surface area (Å²) in [5.41, 5.74) is 1.12. The minimum absolute atomic E-state index is 0.189. The third-order valence-corrected chi connectivity index (χ3v) is 5.29. The van der Waals surface area contributed by atoms with Gasteiger partial charge in [-0.25, -0.2) is 8.42 Å². The van der Waals surface area contributed by atoms with Gasteiger partial charge in [-0.15, -0.1) is 11.3 Å². The lowest BCUT2D eigenvalue weighted by Gasteiger charge is -2.15. The lowest BCUT2D eigenvalue weighted by atomic mass is 10.3. The molecule has 17 heavy (non-hydrogen) atoms. The van der Waals surface area contributed by atoms with Gasteiger partial charge in [0.05, 0.1) is 6.20 Å². The van der Waals surface area contributed by atoms with Crippen molar-refractivity contribution in [1.29, 1.82) is 0 Å².